The highest BCUT2D eigenvalue weighted by Gasteiger charge is 2.33. The molecule has 0 heterocycles. The summed E-state index contributed by atoms with van der Waals surface area (Å²) in [5.74, 6) is 0. The lowest BCUT2D eigenvalue weighted by Crippen LogP contribution is -2.24. The van der Waals surface area contributed by atoms with Crippen LogP contribution in [0.5, 0.6) is 0 Å². The second-order valence-corrected chi connectivity index (χ2v) is 4.02. The summed E-state index contributed by atoms with van der Waals surface area (Å²) in [6.45, 7) is 0. The number of rotatable bonds is 2. The van der Waals surface area contributed by atoms with E-state index in [0.717, 1.165) is 12.3 Å². The van der Waals surface area contributed by atoms with Crippen molar-refractivity contribution in [1.29, 1.82) is 0 Å². The van der Waals surface area contributed by atoms with E-state index in [9.17, 15) is 18.0 Å². The van der Waals surface area contributed by atoms with Crippen molar-refractivity contribution < 1.29 is 18.0 Å². The number of urea groups is 1. The predicted octanol–water partition coefficient (Wildman–Crippen LogP) is 2.31. The van der Waals surface area contributed by atoms with Crippen LogP contribution in [0, 0.1) is 3.57 Å². The highest BCUT2D eigenvalue weighted by atomic mass is 127. The largest absolute Gasteiger partial charge is 0.417 e. The van der Waals surface area contributed by atoms with Crippen molar-refractivity contribution in [3.8, 4) is 0 Å². The van der Waals surface area contributed by atoms with Gasteiger partial charge in [0.1, 0.15) is 0 Å². The number of nitrogens with zero attached hydrogens (tertiary/aromatic N) is 1. The Hall–Kier alpha value is -1.32. The fourth-order valence-electron chi connectivity index (χ4n) is 1.03. The molecule has 0 unspecified atom stereocenters. The molecule has 8 heteroatoms. The van der Waals surface area contributed by atoms with E-state index in [1.807, 2.05) is 5.43 Å². The third-order valence-corrected chi connectivity index (χ3v) is 2.92. The van der Waals surface area contributed by atoms with Gasteiger partial charge in [-0.2, -0.15) is 18.3 Å². The van der Waals surface area contributed by atoms with Crippen LogP contribution >= 0.6 is 22.6 Å². The standard InChI is InChI=1S/C9H7F3IN3O/c10-9(11,12)6-3-1-2-5(7(6)13)4-15-16-8(14)17/h1-4H,(H3,14,16,17). The molecule has 0 aromatic heterocycles. The molecule has 92 valence electrons. The van der Waals surface area contributed by atoms with Gasteiger partial charge in [0.2, 0.25) is 0 Å². The number of carbonyl (C=O) groups excluding carboxylic acids is 1. The molecule has 1 rings (SSSR count). The summed E-state index contributed by atoms with van der Waals surface area (Å²) in [5, 5.41) is 3.40. The Morgan fingerprint density at radius 1 is 1.47 bits per heavy atom. The molecule has 0 aliphatic carbocycles. The predicted molar refractivity (Wildman–Crippen MR) is 64.5 cm³/mol. The highest BCUT2D eigenvalue weighted by molar-refractivity contribution is 14.1. The maximum atomic E-state index is 12.5. The van der Waals surface area contributed by atoms with E-state index in [2.05, 4.69) is 5.10 Å². The number of primary amides is 1. The van der Waals surface area contributed by atoms with Gasteiger partial charge in [-0.1, -0.05) is 12.1 Å². The lowest BCUT2D eigenvalue weighted by Gasteiger charge is -2.10. The zero-order valence-corrected chi connectivity index (χ0v) is 10.4. The van der Waals surface area contributed by atoms with Crippen molar-refractivity contribution in [2.75, 3.05) is 0 Å². The first-order chi connectivity index (χ1) is 7.82. The van der Waals surface area contributed by atoms with Crippen LogP contribution in [-0.4, -0.2) is 12.2 Å². The van der Waals surface area contributed by atoms with E-state index < -0.39 is 17.8 Å². The Labute approximate surface area is 108 Å². The molecule has 1 aromatic rings. The van der Waals surface area contributed by atoms with Gasteiger partial charge in [0.05, 0.1) is 11.8 Å². The second-order valence-electron chi connectivity index (χ2n) is 2.94. The third kappa shape index (κ3) is 3.88. The molecule has 0 aliphatic heterocycles. The van der Waals surface area contributed by atoms with E-state index in [1.54, 1.807) is 22.6 Å². The number of amides is 2. The molecule has 17 heavy (non-hydrogen) atoms. The number of carbonyl (C=O) groups is 1. The summed E-state index contributed by atoms with van der Waals surface area (Å²) >= 11 is 1.57. The Morgan fingerprint density at radius 3 is 2.65 bits per heavy atom. The first kappa shape index (κ1) is 13.7. The van der Waals surface area contributed by atoms with Gasteiger partial charge in [-0.3, -0.25) is 0 Å². The number of alkyl halides is 3. The van der Waals surface area contributed by atoms with Crippen molar-refractivity contribution in [2.24, 2.45) is 10.8 Å². The van der Waals surface area contributed by atoms with Crippen LogP contribution < -0.4 is 11.2 Å². The molecule has 0 saturated heterocycles. The number of halogens is 4. The first-order valence-corrected chi connectivity index (χ1v) is 5.34. The number of hydrogen-bond acceptors (Lipinski definition) is 2. The fourth-order valence-corrected chi connectivity index (χ4v) is 1.84. The van der Waals surface area contributed by atoms with E-state index in [1.165, 1.54) is 12.1 Å². The lowest BCUT2D eigenvalue weighted by molar-refractivity contribution is -0.138. The van der Waals surface area contributed by atoms with Crippen molar-refractivity contribution in [2.45, 2.75) is 6.18 Å². The van der Waals surface area contributed by atoms with Crippen LogP contribution in [0.2, 0.25) is 0 Å². The number of hydrogen-bond donors (Lipinski definition) is 2. The van der Waals surface area contributed by atoms with Crippen molar-refractivity contribution in [3.63, 3.8) is 0 Å². The van der Waals surface area contributed by atoms with Crippen LogP contribution in [0.3, 0.4) is 0 Å². The molecule has 0 bridgehead atoms. The zero-order valence-electron chi connectivity index (χ0n) is 8.25. The Morgan fingerprint density at radius 2 is 2.12 bits per heavy atom. The Kier molecular flexibility index (Phi) is 4.32. The minimum absolute atomic E-state index is 0.00706. The molecule has 2 amide bonds. The molecule has 4 nitrogen and oxygen atoms in total. The van der Waals surface area contributed by atoms with Gasteiger partial charge < -0.3 is 5.73 Å². The topological polar surface area (TPSA) is 67.5 Å². The van der Waals surface area contributed by atoms with Crippen molar-refractivity contribution in [3.05, 3.63) is 32.9 Å². The maximum absolute atomic E-state index is 12.5. The minimum atomic E-state index is -4.42. The van der Waals surface area contributed by atoms with Gasteiger partial charge in [0.15, 0.2) is 0 Å². The second kappa shape index (κ2) is 5.34. The molecule has 0 atom stereocenters. The smallest absolute Gasteiger partial charge is 0.350 e. The fraction of sp³-hybridized carbons (Fsp3) is 0.111. The molecule has 0 saturated carbocycles. The lowest BCUT2D eigenvalue weighted by atomic mass is 10.1. The molecule has 0 aliphatic rings. The van der Waals surface area contributed by atoms with E-state index in [4.69, 9.17) is 5.73 Å². The highest BCUT2D eigenvalue weighted by Crippen LogP contribution is 2.33. The van der Waals surface area contributed by atoms with E-state index in [0.29, 0.717) is 0 Å². The minimum Gasteiger partial charge on any atom is -0.350 e. The summed E-state index contributed by atoms with van der Waals surface area (Å²) < 4.78 is 37.6. The molecular formula is C9H7F3IN3O. The monoisotopic (exact) mass is 357 g/mol. The van der Waals surface area contributed by atoms with Crippen LogP contribution in [0.15, 0.2) is 23.3 Å². The Balaban J connectivity index is 3.03. The summed E-state index contributed by atoms with van der Waals surface area (Å²) in [4.78, 5) is 10.3. The molecular weight excluding hydrogens is 350 g/mol. The van der Waals surface area contributed by atoms with Crippen LogP contribution in [-0.2, 0) is 6.18 Å². The maximum Gasteiger partial charge on any atom is 0.417 e. The molecule has 3 N–H and O–H groups in total. The van der Waals surface area contributed by atoms with Gasteiger partial charge >= 0.3 is 12.2 Å². The molecule has 1 aromatic carbocycles. The average Bonchev–Trinajstić information content (AvgIpc) is 2.18. The number of hydrazone groups is 1. The van der Waals surface area contributed by atoms with E-state index in [-0.39, 0.29) is 9.13 Å². The van der Waals surface area contributed by atoms with Crippen molar-refractivity contribution >= 4 is 34.8 Å². The summed E-state index contributed by atoms with van der Waals surface area (Å²) in [6.07, 6.45) is -3.32. The van der Waals surface area contributed by atoms with Gasteiger partial charge in [-0.25, -0.2) is 10.2 Å². The van der Waals surface area contributed by atoms with Gasteiger partial charge in [-0.15, -0.1) is 0 Å². The van der Waals surface area contributed by atoms with Crippen LogP contribution in [0.4, 0.5) is 18.0 Å². The number of benzene rings is 1. The van der Waals surface area contributed by atoms with Crippen LogP contribution in [0.25, 0.3) is 0 Å². The van der Waals surface area contributed by atoms with Crippen molar-refractivity contribution in [1.82, 2.24) is 5.43 Å². The normalized spacial score (nSPS) is 11.8. The zero-order chi connectivity index (χ0) is 13.1. The van der Waals surface area contributed by atoms with Gasteiger partial charge in [0.25, 0.3) is 0 Å². The van der Waals surface area contributed by atoms with Crippen LogP contribution in [0.1, 0.15) is 11.1 Å². The van der Waals surface area contributed by atoms with Gasteiger partial charge in [-0.05, 0) is 28.7 Å². The van der Waals surface area contributed by atoms with E-state index >= 15 is 0 Å². The molecule has 0 fully saturated rings. The Bertz CT molecular complexity index is 459. The quantitative estimate of drug-likeness (QED) is 0.476. The number of nitrogens with one attached hydrogen (secondary N) is 1. The molecule has 0 spiro atoms. The first-order valence-electron chi connectivity index (χ1n) is 4.26. The summed E-state index contributed by atoms with van der Waals surface area (Å²) in [5.41, 5.74) is 6.15. The third-order valence-electron chi connectivity index (χ3n) is 1.71. The SMILES string of the molecule is NC(=O)NN=Cc1cccc(C(F)(F)F)c1I. The number of nitrogens with two attached hydrogens (primary N) is 1. The summed E-state index contributed by atoms with van der Waals surface area (Å²) in [6, 6.07) is 2.80. The summed E-state index contributed by atoms with van der Waals surface area (Å²) in [7, 11) is 0. The van der Waals surface area contributed by atoms with Gasteiger partial charge in [0, 0.05) is 9.13 Å². The average molecular weight is 357 g/mol. The molecule has 0 radical (unpaired) electrons.